The molecule has 16 aromatic rings. The summed E-state index contributed by atoms with van der Waals surface area (Å²) in [5.74, 6) is 4.42. The summed E-state index contributed by atoms with van der Waals surface area (Å²) in [6, 6.07) is 138. The second kappa shape index (κ2) is 51.0. The zero-order valence-electron chi connectivity index (χ0n) is 79.0. The minimum absolute atomic E-state index is 0. The molecule has 0 radical (unpaired) electrons. The van der Waals surface area contributed by atoms with Gasteiger partial charge in [0, 0.05) is 82.3 Å². The maximum Gasteiger partial charge on any atom is 0.224 e. The molecule has 0 atom stereocenters. The van der Waals surface area contributed by atoms with E-state index in [0.29, 0.717) is 37.7 Å². The van der Waals surface area contributed by atoms with E-state index in [1.165, 1.54) is 106 Å². The van der Waals surface area contributed by atoms with Gasteiger partial charge in [0.05, 0.1) is 18.8 Å². The molecule has 4 aliphatic rings. The fourth-order valence-electron chi connectivity index (χ4n) is 16.7. The van der Waals surface area contributed by atoms with E-state index in [9.17, 15) is 9.59 Å². The number of nitrogens with zero attached hydrogens (tertiary/aromatic N) is 8. The Kier molecular flexibility index (Phi) is 38.2. The number of aryl methyl sites for hydroxylation is 3. The van der Waals surface area contributed by atoms with Crippen LogP contribution in [0.4, 0.5) is 11.6 Å². The summed E-state index contributed by atoms with van der Waals surface area (Å²) < 4.78 is 0. The number of likely N-dealkylation sites (N-methyl/N-ethyl adjacent to an activating group) is 2. The third-order valence-corrected chi connectivity index (χ3v) is 32.9. The number of fused-ring (bicyclic) bond motifs is 2. The molecule has 0 N–H and O–H groups in total. The number of benzene rings is 12. The van der Waals surface area contributed by atoms with E-state index in [-0.39, 0.29) is 48.1 Å². The number of hydrogen-bond donors (Lipinski definition) is 0. The van der Waals surface area contributed by atoms with Crippen LogP contribution >= 0.6 is 43.3 Å². The van der Waals surface area contributed by atoms with Crippen LogP contribution in [0, 0.1) is 17.8 Å². The number of anilines is 2. The van der Waals surface area contributed by atoms with Crippen LogP contribution in [0.2, 0.25) is 5.28 Å². The first kappa shape index (κ1) is 101. The summed E-state index contributed by atoms with van der Waals surface area (Å²) in [7, 11) is 2.09. The van der Waals surface area contributed by atoms with Crippen molar-refractivity contribution in [1.29, 1.82) is 0 Å². The standard InChI is InChI=1S/C23H30N4O.4C18H15P.C15H22ClN3O.C9H11N.Pd/c1-23(2,3)13-17(28)14-27(4)22-18-6-5-7-19(18)25-21(26-22)20-12-16(10-11-24-20)15-8-9-15;4*1-4-10-16(11-5-1)19(17-12-6-2-7-13-17)18-14-8-3-9-15-18;1-15(2,3)8-10(20)9-19(4)13-11-6-5-7-12(11)17-14(16)18-13;1-7-6-9(4-5-10-7)8-2-3-8;/h10-12,15H,5-9,13-14H2,1-4H3;4*1-15H;5-9H2,1-4H3;4-6,8H,2-3H2,1H3;. The third kappa shape index (κ3) is 30.9. The van der Waals surface area contributed by atoms with Crippen LogP contribution in [0.25, 0.3) is 11.5 Å². The largest absolute Gasteiger partial charge is 0.352 e. The van der Waals surface area contributed by atoms with Gasteiger partial charge in [-0.1, -0.05) is 406 Å². The first-order valence-corrected chi connectivity index (χ1v) is 52.6. The van der Waals surface area contributed by atoms with Crippen molar-refractivity contribution in [1.82, 2.24) is 29.9 Å². The predicted octanol–water partition coefficient (Wildman–Crippen LogP) is 23.5. The summed E-state index contributed by atoms with van der Waals surface area (Å²) >= 11 is 5.98. The van der Waals surface area contributed by atoms with E-state index in [2.05, 4.69) is 450 Å². The molecule has 2 fully saturated rings. The van der Waals surface area contributed by atoms with Crippen molar-refractivity contribution in [2.45, 2.75) is 137 Å². The molecule has 0 bridgehead atoms. The van der Waals surface area contributed by atoms with Gasteiger partial charge < -0.3 is 9.80 Å². The molecule has 20 rings (SSSR count). The molecule has 4 heterocycles. The molecule has 0 spiro atoms. The zero-order chi connectivity index (χ0) is 93.4. The van der Waals surface area contributed by atoms with Gasteiger partial charge in [-0.15, -0.1) is 0 Å². The number of halogens is 1. The van der Waals surface area contributed by atoms with Gasteiger partial charge in [0.2, 0.25) is 5.28 Å². The fraction of sp³-hybridized carbons (Fsp3) is 0.227. The van der Waals surface area contributed by atoms with Crippen LogP contribution in [0.5, 0.6) is 0 Å². The third-order valence-electron chi connectivity index (χ3n) is 23.0. The van der Waals surface area contributed by atoms with E-state index in [1.54, 1.807) is 0 Å². The monoisotopic (exact) mass is 1960 g/mol. The molecule has 0 amide bonds. The van der Waals surface area contributed by atoms with Gasteiger partial charge in [0.15, 0.2) is 17.4 Å². The normalized spacial score (nSPS) is 12.7. The topological polar surface area (TPSA) is 118 Å². The van der Waals surface area contributed by atoms with E-state index in [1.807, 2.05) is 43.2 Å². The summed E-state index contributed by atoms with van der Waals surface area (Å²) in [6.45, 7) is 15.3. The Morgan fingerprint density at radius 1 is 0.326 bits per heavy atom. The van der Waals surface area contributed by atoms with Crippen molar-refractivity contribution in [3.05, 3.63) is 445 Å². The van der Waals surface area contributed by atoms with Crippen LogP contribution in [0.15, 0.2) is 401 Å². The van der Waals surface area contributed by atoms with E-state index in [4.69, 9.17) is 21.6 Å². The van der Waals surface area contributed by atoms with Crippen molar-refractivity contribution in [2.24, 2.45) is 10.8 Å². The van der Waals surface area contributed by atoms with Crippen molar-refractivity contribution in [2.75, 3.05) is 37.0 Å². The molecule has 688 valence electrons. The SMILES string of the molecule is CN(CC(=O)CC(C)(C)C)c1nc(-c2cc(C3CC3)ccn2)nc2c1CCC2.CN(CC(=O)CC(C)(C)C)c1nc(Cl)nc2c1CCC2.Cc1cc(C2CC2)ccn1.[Pd].c1ccc(P(c2ccccc2)c2ccccc2)cc1.c1ccc(P(c2ccccc2)c2ccccc2)cc1.c1ccc(P(c2ccccc2)c2ccccc2)cc1.c1ccc(P(c2ccccc2)c2ccccc2)cc1. The van der Waals surface area contributed by atoms with E-state index >= 15 is 0 Å². The molecule has 10 nitrogen and oxygen atoms in total. The van der Waals surface area contributed by atoms with Crippen LogP contribution < -0.4 is 73.5 Å². The number of ketones is 2. The average Bonchev–Trinajstić information content (AvgIpc) is 1.68. The Hall–Kier alpha value is -11.3. The Labute approximate surface area is 825 Å². The van der Waals surface area contributed by atoms with Gasteiger partial charge in [-0.05, 0) is 236 Å². The molecule has 0 aliphatic heterocycles. The van der Waals surface area contributed by atoms with Gasteiger partial charge in [-0.3, -0.25) is 19.6 Å². The molecular weight excluding hydrogens is 1840 g/mol. The first-order chi connectivity index (χ1) is 65.2. The van der Waals surface area contributed by atoms with Gasteiger partial charge in [-0.25, -0.2) is 19.9 Å². The molecule has 0 unspecified atom stereocenters. The van der Waals surface area contributed by atoms with Crippen LogP contribution in [-0.4, -0.2) is 68.7 Å². The maximum atomic E-state index is 12.5. The first-order valence-electron chi connectivity index (χ1n) is 46.8. The number of pyridine rings is 2. The number of hydrogen-bond acceptors (Lipinski definition) is 10. The Bertz CT molecular complexity index is 5430. The molecule has 4 aliphatic carbocycles. The smallest absolute Gasteiger partial charge is 0.224 e. The predicted molar refractivity (Wildman–Crippen MR) is 575 cm³/mol. The van der Waals surface area contributed by atoms with E-state index < -0.39 is 31.7 Å². The minimum atomic E-state index is -0.446. The van der Waals surface area contributed by atoms with Crippen LogP contribution in [0.1, 0.15) is 144 Å². The van der Waals surface area contributed by atoms with Gasteiger partial charge >= 0.3 is 0 Å². The molecule has 4 aromatic heterocycles. The van der Waals surface area contributed by atoms with E-state index in [0.717, 1.165) is 84.4 Å². The average molecular weight is 1960 g/mol. The van der Waals surface area contributed by atoms with Gasteiger partial charge in [0.1, 0.15) is 17.3 Å². The Morgan fingerprint density at radius 2 is 0.570 bits per heavy atom. The van der Waals surface area contributed by atoms with Crippen molar-refractivity contribution in [3.8, 4) is 11.5 Å². The number of rotatable bonds is 23. The Morgan fingerprint density at radius 3 is 0.822 bits per heavy atom. The molecule has 16 heteroatoms. The second-order valence-corrected chi connectivity index (χ2v) is 45.8. The second-order valence-electron chi connectivity index (χ2n) is 36.6. The van der Waals surface area contributed by atoms with Crippen LogP contribution in [0.3, 0.4) is 0 Å². The summed E-state index contributed by atoms with van der Waals surface area (Å²) in [6.07, 6.45) is 16.3. The molecule has 0 saturated heterocycles. The minimum Gasteiger partial charge on any atom is -0.352 e. The number of carbonyl (C=O) groups is 2. The van der Waals surface area contributed by atoms with Gasteiger partial charge in [-0.2, -0.15) is 0 Å². The number of carbonyl (C=O) groups excluding carboxylic acids is 2. The van der Waals surface area contributed by atoms with Crippen LogP contribution in [-0.2, 0) is 55.7 Å². The quantitative estimate of drug-likeness (QED) is 0.0348. The van der Waals surface area contributed by atoms with Crippen molar-refractivity contribution >= 4 is 130 Å². The molecule has 135 heavy (non-hydrogen) atoms. The summed E-state index contributed by atoms with van der Waals surface area (Å²) in [5.41, 5.74) is 9.33. The van der Waals surface area contributed by atoms with Crippen molar-refractivity contribution < 1.29 is 30.0 Å². The van der Waals surface area contributed by atoms with Gasteiger partial charge in [0.25, 0.3) is 0 Å². The number of Topliss-reactive ketones (excluding diaryl/α,β-unsaturated/α-hetero) is 2. The molecule has 2 saturated carbocycles. The zero-order valence-corrected chi connectivity index (χ0v) is 84.9. The Balaban J connectivity index is 0.000000135. The fourth-order valence-corrected chi connectivity index (χ4v) is 26.1. The molecular formula is C119H123ClN8O2P4Pd. The molecule has 12 aromatic carbocycles. The summed E-state index contributed by atoms with van der Waals surface area (Å²) in [4.78, 5) is 55.6. The summed E-state index contributed by atoms with van der Waals surface area (Å²) in [5, 5.41) is 17.1. The number of aromatic nitrogens is 6. The van der Waals surface area contributed by atoms with Crippen molar-refractivity contribution in [3.63, 3.8) is 0 Å². The maximum absolute atomic E-state index is 12.5.